The van der Waals surface area contributed by atoms with Crippen LogP contribution in [-0.4, -0.2) is 34.1 Å². The Morgan fingerprint density at radius 1 is 1.03 bits per heavy atom. The van der Waals surface area contributed by atoms with Gasteiger partial charge >= 0.3 is 0 Å². The zero-order chi connectivity index (χ0) is 23.2. The van der Waals surface area contributed by atoms with Crippen LogP contribution in [0.1, 0.15) is 38.8 Å². The molecule has 0 aliphatic rings. The number of benzene rings is 2. The molecular weight excluding hydrogens is 430 g/mol. The minimum absolute atomic E-state index is 0.0212. The smallest absolute Gasteiger partial charge is 0.240 e. The van der Waals surface area contributed by atoms with E-state index in [2.05, 4.69) is 10.0 Å². The Hall–Kier alpha value is -2.72. The van der Waals surface area contributed by atoms with Crippen molar-refractivity contribution in [2.45, 2.75) is 44.2 Å². The van der Waals surface area contributed by atoms with Crippen molar-refractivity contribution in [1.29, 1.82) is 0 Å². The first-order valence-electron chi connectivity index (χ1n) is 9.62. The molecule has 0 aromatic heterocycles. The van der Waals surface area contributed by atoms with Crippen molar-refractivity contribution in [2.75, 3.05) is 13.7 Å². The molecule has 10 heteroatoms. The highest BCUT2D eigenvalue weighted by Gasteiger charge is 2.18. The minimum Gasteiger partial charge on any atom is -0.493 e. The van der Waals surface area contributed by atoms with E-state index in [1.807, 2.05) is 13.8 Å². The summed E-state index contributed by atoms with van der Waals surface area (Å²) in [5.74, 6) is -1.68. The average molecular weight is 457 g/mol. The van der Waals surface area contributed by atoms with Gasteiger partial charge in [-0.2, -0.15) is 0 Å². The molecule has 2 aromatic carbocycles. The standard InChI is InChI=1S/C21H26F2N2O5S/c1-13(2)30-19-8-5-15(11-20(19)29-4)14(3)25-21(26)9-10-24-31(27,28)16-6-7-17(22)18(23)12-16/h5-8,11-14,24H,9-10H2,1-4H3,(H,25,26). The highest BCUT2D eigenvalue weighted by molar-refractivity contribution is 7.89. The van der Waals surface area contributed by atoms with Crippen LogP contribution in [0.25, 0.3) is 0 Å². The van der Waals surface area contributed by atoms with Crippen molar-refractivity contribution < 1.29 is 31.5 Å². The fourth-order valence-electron chi connectivity index (χ4n) is 2.73. The van der Waals surface area contributed by atoms with Crippen LogP contribution in [0.4, 0.5) is 8.78 Å². The van der Waals surface area contributed by atoms with Gasteiger partial charge in [0, 0.05) is 13.0 Å². The molecule has 0 saturated carbocycles. The van der Waals surface area contributed by atoms with Crippen molar-refractivity contribution in [2.24, 2.45) is 0 Å². The van der Waals surface area contributed by atoms with Gasteiger partial charge in [-0.15, -0.1) is 0 Å². The summed E-state index contributed by atoms with van der Waals surface area (Å²) in [7, 11) is -2.54. The van der Waals surface area contributed by atoms with Crippen LogP contribution in [0.5, 0.6) is 11.5 Å². The maximum Gasteiger partial charge on any atom is 0.240 e. The van der Waals surface area contributed by atoms with Gasteiger partial charge in [-0.1, -0.05) is 6.07 Å². The number of sulfonamides is 1. The van der Waals surface area contributed by atoms with E-state index < -0.39 is 26.6 Å². The number of rotatable bonds is 10. The quantitative estimate of drug-likeness (QED) is 0.572. The molecule has 1 unspecified atom stereocenters. The molecular formula is C21H26F2N2O5S. The summed E-state index contributed by atoms with van der Waals surface area (Å²) in [5, 5.41) is 2.77. The Balaban J connectivity index is 1.92. The molecule has 0 radical (unpaired) electrons. The van der Waals surface area contributed by atoms with Gasteiger partial charge in [0.1, 0.15) is 0 Å². The van der Waals surface area contributed by atoms with Crippen molar-refractivity contribution in [3.63, 3.8) is 0 Å². The number of hydrogen-bond acceptors (Lipinski definition) is 5. The number of nitrogens with one attached hydrogen (secondary N) is 2. The molecule has 0 spiro atoms. The molecule has 1 amide bonds. The maximum absolute atomic E-state index is 13.3. The molecule has 0 aliphatic heterocycles. The maximum atomic E-state index is 13.3. The Kier molecular flexibility index (Phi) is 8.35. The van der Waals surface area contributed by atoms with E-state index in [0.29, 0.717) is 17.6 Å². The summed E-state index contributed by atoms with van der Waals surface area (Å²) in [5.41, 5.74) is 0.781. The molecule has 7 nitrogen and oxygen atoms in total. The number of ether oxygens (including phenoxy) is 2. The lowest BCUT2D eigenvalue weighted by Gasteiger charge is -2.18. The van der Waals surface area contributed by atoms with Crippen LogP contribution < -0.4 is 19.5 Å². The van der Waals surface area contributed by atoms with E-state index in [1.54, 1.807) is 25.1 Å². The molecule has 31 heavy (non-hydrogen) atoms. The molecule has 2 N–H and O–H groups in total. The predicted octanol–water partition coefficient (Wildman–Crippen LogP) is 3.31. The fourth-order valence-corrected chi connectivity index (χ4v) is 3.77. The largest absolute Gasteiger partial charge is 0.493 e. The summed E-state index contributed by atoms with van der Waals surface area (Å²) in [6.45, 7) is 5.37. The molecule has 1 atom stereocenters. The number of carbonyl (C=O) groups is 1. The van der Waals surface area contributed by atoms with Gasteiger partial charge < -0.3 is 14.8 Å². The summed E-state index contributed by atoms with van der Waals surface area (Å²) >= 11 is 0. The lowest BCUT2D eigenvalue weighted by molar-refractivity contribution is -0.121. The third-order valence-corrected chi connectivity index (χ3v) is 5.73. The highest BCUT2D eigenvalue weighted by Crippen LogP contribution is 2.31. The first kappa shape index (κ1) is 24.5. The van der Waals surface area contributed by atoms with E-state index in [4.69, 9.17) is 9.47 Å². The van der Waals surface area contributed by atoms with Crippen molar-refractivity contribution in [3.8, 4) is 11.5 Å². The average Bonchev–Trinajstić information content (AvgIpc) is 2.69. The summed E-state index contributed by atoms with van der Waals surface area (Å²) in [6.07, 6.45) is -0.161. The molecule has 0 bridgehead atoms. The molecule has 0 saturated heterocycles. The van der Waals surface area contributed by atoms with Crippen molar-refractivity contribution >= 4 is 15.9 Å². The zero-order valence-electron chi connectivity index (χ0n) is 17.7. The van der Waals surface area contributed by atoms with Gasteiger partial charge in [0.15, 0.2) is 23.1 Å². The first-order chi connectivity index (χ1) is 14.5. The molecule has 170 valence electrons. The third kappa shape index (κ3) is 6.90. The van der Waals surface area contributed by atoms with Gasteiger partial charge in [0.2, 0.25) is 15.9 Å². The second-order valence-electron chi connectivity index (χ2n) is 7.09. The number of methoxy groups -OCH3 is 1. The lowest BCUT2D eigenvalue weighted by Crippen LogP contribution is -2.32. The second-order valence-corrected chi connectivity index (χ2v) is 8.86. The first-order valence-corrected chi connectivity index (χ1v) is 11.1. The van der Waals surface area contributed by atoms with Gasteiger partial charge in [-0.05, 0) is 56.7 Å². The van der Waals surface area contributed by atoms with Crippen LogP contribution in [-0.2, 0) is 14.8 Å². The van der Waals surface area contributed by atoms with Gasteiger partial charge in [0.25, 0.3) is 0 Å². The van der Waals surface area contributed by atoms with Gasteiger partial charge in [0.05, 0.1) is 24.2 Å². The topological polar surface area (TPSA) is 93.7 Å². The van der Waals surface area contributed by atoms with Gasteiger partial charge in [-0.3, -0.25) is 4.79 Å². The SMILES string of the molecule is COc1cc(C(C)NC(=O)CCNS(=O)(=O)c2ccc(F)c(F)c2)ccc1OC(C)C. The molecule has 0 heterocycles. The van der Waals surface area contributed by atoms with Gasteiger partial charge in [-0.25, -0.2) is 21.9 Å². The molecule has 0 fully saturated rings. The number of hydrogen-bond donors (Lipinski definition) is 2. The Morgan fingerprint density at radius 2 is 1.74 bits per heavy atom. The number of halogens is 2. The summed E-state index contributed by atoms with van der Waals surface area (Å²) < 4.78 is 63.7. The normalized spacial score (nSPS) is 12.5. The monoisotopic (exact) mass is 456 g/mol. The zero-order valence-corrected chi connectivity index (χ0v) is 18.6. The molecule has 2 aromatic rings. The van der Waals surface area contributed by atoms with Crippen LogP contribution >= 0.6 is 0 Å². The third-order valence-electron chi connectivity index (χ3n) is 4.27. The second kappa shape index (κ2) is 10.5. The minimum atomic E-state index is -4.07. The van der Waals surface area contributed by atoms with Crippen molar-refractivity contribution in [1.82, 2.24) is 10.0 Å². The lowest BCUT2D eigenvalue weighted by atomic mass is 10.1. The number of amides is 1. The highest BCUT2D eigenvalue weighted by atomic mass is 32.2. The van der Waals surface area contributed by atoms with E-state index >= 15 is 0 Å². The summed E-state index contributed by atoms with van der Waals surface area (Å²) in [4.78, 5) is 11.8. The van der Waals surface area contributed by atoms with E-state index in [9.17, 15) is 22.0 Å². The van der Waals surface area contributed by atoms with Crippen LogP contribution in [0.2, 0.25) is 0 Å². The number of carbonyl (C=O) groups excluding carboxylic acids is 1. The fraction of sp³-hybridized carbons (Fsp3) is 0.381. The predicted molar refractivity (Wildman–Crippen MR) is 111 cm³/mol. The van der Waals surface area contributed by atoms with Crippen LogP contribution in [0.3, 0.4) is 0 Å². The summed E-state index contributed by atoms with van der Waals surface area (Å²) in [6, 6.07) is 7.21. The molecule has 2 rings (SSSR count). The van der Waals surface area contributed by atoms with E-state index in [1.165, 1.54) is 7.11 Å². The van der Waals surface area contributed by atoms with E-state index in [-0.39, 0.29) is 31.0 Å². The van der Waals surface area contributed by atoms with Crippen LogP contribution in [0, 0.1) is 11.6 Å². The Morgan fingerprint density at radius 3 is 2.35 bits per heavy atom. The Labute approximate surface area is 180 Å². The van der Waals surface area contributed by atoms with Crippen LogP contribution in [0.15, 0.2) is 41.3 Å². The Bertz CT molecular complexity index is 1030. The van der Waals surface area contributed by atoms with E-state index in [0.717, 1.165) is 17.7 Å². The molecule has 0 aliphatic carbocycles. The van der Waals surface area contributed by atoms with Crippen molar-refractivity contribution in [3.05, 3.63) is 53.6 Å².